The van der Waals surface area contributed by atoms with E-state index in [2.05, 4.69) is 17.0 Å². The molecule has 1 aromatic heterocycles. The quantitative estimate of drug-likeness (QED) is 0.348. The molecule has 0 aromatic carbocycles. The predicted octanol–water partition coefficient (Wildman–Crippen LogP) is 2.21. The topological polar surface area (TPSA) is 50.9 Å². The van der Waals surface area contributed by atoms with Gasteiger partial charge in [-0.15, -0.1) is 6.58 Å². The Labute approximate surface area is 88.9 Å². The molecule has 0 aliphatic heterocycles. The molecule has 76 valence electrons. The van der Waals surface area contributed by atoms with Crippen LogP contribution in [0.15, 0.2) is 30.5 Å². The molecular weight excluding hydrogens is 198 g/mol. The second-order valence-electron chi connectivity index (χ2n) is 3.29. The van der Waals surface area contributed by atoms with E-state index >= 15 is 0 Å². The Balaban J connectivity index is 2.83. The first-order valence-corrected chi connectivity index (χ1v) is 4.73. The second kappa shape index (κ2) is 5.10. The zero-order valence-corrected chi connectivity index (χ0v) is 8.88. The molecule has 14 heavy (non-hydrogen) atoms. The van der Waals surface area contributed by atoms with Gasteiger partial charge in [0, 0.05) is 12.2 Å². The standard InChI is InChI=1S/C10H14ClN3/c1-7(2)5-9(14-12)8-3-4-13-10(11)6-8/h3-4,6,9,14H,1,5,12H2,2H3. The highest BCUT2D eigenvalue weighted by molar-refractivity contribution is 6.29. The van der Waals surface area contributed by atoms with Gasteiger partial charge in [0.2, 0.25) is 0 Å². The zero-order chi connectivity index (χ0) is 10.6. The number of hydrazine groups is 1. The van der Waals surface area contributed by atoms with Crippen LogP contribution in [-0.4, -0.2) is 4.98 Å². The van der Waals surface area contributed by atoms with Gasteiger partial charge in [-0.2, -0.15) is 0 Å². The van der Waals surface area contributed by atoms with Gasteiger partial charge in [0.05, 0.1) is 0 Å². The van der Waals surface area contributed by atoms with Crippen molar-refractivity contribution in [2.24, 2.45) is 5.84 Å². The van der Waals surface area contributed by atoms with Crippen molar-refractivity contribution in [1.82, 2.24) is 10.4 Å². The first kappa shape index (κ1) is 11.2. The summed E-state index contributed by atoms with van der Waals surface area (Å²) in [5.74, 6) is 5.45. The van der Waals surface area contributed by atoms with Gasteiger partial charge < -0.3 is 0 Å². The number of pyridine rings is 1. The number of aromatic nitrogens is 1. The van der Waals surface area contributed by atoms with Gasteiger partial charge in [-0.1, -0.05) is 17.2 Å². The summed E-state index contributed by atoms with van der Waals surface area (Å²) in [5, 5.41) is 0.476. The lowest BCUT2D eigenvalue weighted by atomic mass is 10.0. The van der Waals surface area contributed by atoms with Crippen LogP contribution >= 0.6 is 11.6 Å². The Bertz CT molecular complexity index is 325. The average Bonchev–Trinajstić information content (AvgIpc) is 2.14. The molecule has 1 rings (SSSR count). The van der Waals surface area contributed by atoms with Crippen molar-refractivity contribution < 1.29 is 0 Å². The molecule has 1 atom stereocenters. The van der Waals surface area contributed by atoms with Crippen LogP contribution in [0.1, 0.15) is 24.9 Å². The lowest BCUT2D eigenvalue weighted by molar-refractivity contribution is 0.550. The third kappa shape index (κ3) is 3.10. The molecule has 0 bridgehead atoms. The average molecular weight is 212 g/mol. The smallest absolute Gasteiger partial charge is 0.129 e. The number of nitrogens with one attached hydrogen (secondary N) is 1. The van der Waals surface area contributed by atoms with Gasteiger partial charge in [0.1, 0.15) is 5.15 Å². The van der Waals surface area contributed by atoms with Crippen molar-refractivity contribution in [1.29, 1.82) is 0 Å². The molecule has 0 radical (unpaired) electrons. The summed E-state index contributed by atoms with van der Waals surface area (Å²) < 4.78 is 0. The van der Waals surface area contributed by atoms with Crippen molar-refractivity contribution in [2.75, 3.05) is 0 Å². The lowest BCUT2D eigenvalue weighted by Crippen LogP contribution is -2.28. The Morgan fingerprint density at radius 1 is 1.79 bits per heavy atom. The van der Waals surface area contributed by atoms with Gasteiger partial charge >= 0.3 is 0 Å². The van der Waals surface area contributed by atoms with Gasteiger partial charge in [-0.3, -0.25) is 11.3 Å². The third-order valence-corrected chi connectivity index (χ3v) is 2.11. The van der Waals surface area contributed by atoms with Crippen LogP contribution in [0.5, 0.6) is 0 Å². The minimum absolute atomic E-state index is 0.0491. The fourth-order valence-electron chi connectivity index (χ4n) is 1.26. The van der Waals surface area contributed by atoms with Crippen LogP contribution in [0, 0.1) is 0 Å². The largest absolute Gasteiger partial charge is 0.271 e. The van der Waals surface area contributed by atoms with E-state index in [0.29, 0.717) is 5.15 Å². The van der Waals surface area contributed by atoms with Gasteiger partial charge in [0.25, 0.3) is 0 Å². The van der Waals surface area contributed by atoms with Crippen LogP contribution < -0.4 is 11.3 Å². The molecule has 1 heterocycles. The number of halogens is 1. The molecule has 0 saturated carbocycles. The van der Waals surface area contributed by atoms with E-state index < -0.39 is 0 Å². The van der Waals surface area contributed by atoms with Crippen molar-refractivity contribution in [3.63, 3.8) is 0 Å². The molecule has 0 spiro atoms. The molecule has 4 heteroatoms. The molecular formula is C10H14ClN3. The van der Waals surface area contributed by atoms with Crippen molar-refractivity contribution >= 4 is 11.6 Å². The Hall–Kier alpha value is -0.900. The maximum atomic E-state index is 5.78. The molecule has 3 nitrogen and oxygen atoms in total. The normalized spacial score (nSPS) is 12.5. The van der Waals surface area contributed by atoms with E-state index in [4.69, 9.17) is 17.4 Å². The van der Waals surface area contributed by atoms with Gasteiger partial charge in [0.15, 0.2) is 0 Å². The van der Waals surface area contributed by atoms with Gasteiger partial charge in [-0.05, 0) is 31.0 Å². The Morgan fingerprint density at radius 2 is 2.50 bits per heavy atom. The van der Waals surface area contributed by atoms with E-state index in [1.54, 1.807) is 12.3 Å². The fraction of sp³-hybridized carbons (Fsp3) is 0.300. The van der Waals surface area contributed by atoms with Crippen molar-refractivity contribution in [3.8, 4) is 0 Å². The fourth-order valence-corrected chi connectivity index (χ4v) is 1.44. The first-order valence-electron chi connectivity index (χ1n) is 4.35. The van der Waals surface area contributed by atoms with E-state index in [9.17, 15) is 0 Å². The van der Waals surface area contributed by atoms with Crippen LogP contribution in [0.3, 0.4) is 0 Å². The summed E-state index contributed by atoms with van der Waals surface area (Å²) in [6.07, 6.45) is 2.46. The number of nitrogens with two attached hydrogens (primary N) is 1. The molecule has 0 aliphatic rings. The van der Waals surface area contributed by atoms with Crippen LogP contribution in [0.25, 0.3) is 0 Å². The summed E-state index contributed by atoms with van der Waals surface area (Å²) in [7, 11) is 0. The van der Waals surface area contributed by atoms with E-state index in [1.807, 2.05) is 13.0 Å². The maximum Gasteiger partial charge on any atom is 0.129 e. The zero-order valence-electron chi connectivity index (χ0n) is 8.13. The minimum Gasteiger partial charge on any atom is -0.271 e. The summed E-state index contributed by atoms with van der Waals surface area (Å²) in [6.45, 7) is 5.81. The molecule has 0 aliphatic carbocycles. The van der Waals surface area contributed by atoms with E-state index in [-0.39, 0.29) is 6.04 Å². The van der Waals surface area contributed by atoms with Gasteiger partial charge in [-0.25, -0.2) is 4.98 Å². The van der Waals surface area contributed by atoms with Crippen LogP contribution in [-0.2, 0) is 0 Å². The van der Waals surface area contributed by atoms with Crippen molar-refractivity contribution in [2.45, 2.75) is 19.4 Å². The van der Waals surface area contributed by atoms with E-state index in [1.165, 1.54) is 0 Å². The highest BCUT2D eigenvalue weighted by Gasteiger charge is 2.09. The summed E-state index contributed by atoms with van der Waals surface area (Å²) in [4.78, 5) is 3.91. The maximum absolute atomic E-state index is 5.78. The van der Waals surface area contributed by atoms with Crippen LogP contribution in [0.4, 0.5) is 0 Å². The van der Waals surface area contributed by atoms with E-state index in [0.717, 1.165) is 17.6 Å². The first-order chi connectivity index (χ1) is 6.63. The Kier molecular flexibility index (Phi) is 4.07. The molecule has 0 saturated heterocycles. The summed E-state index contributed by atoms with van der Waals surface area (Å²) in [6, 6.07) is 3.74. The molecule has 1 aromatic rings. The molecule has 0 amide bonds. The Morgan fingerprint density at radius 3 is 3.00 bits per heavy atom. The minimum atomic E-state index is 0.0491. The third-order valence-electron chi connectivity index (χ3n) is 1.91. The second-order valence-corrected chi connectivity index (χ2v) is 3.68. The number of hydrogen-bond acceptors (Lipinski definition) is 3. The monoisotopic (exact) mass is 211 g/mol. The molecule has 1 unspecified atom stereocenters. The molecule has 3 N–H and O–H groups in total. The highest BCUT2D eigenvalue weighted by atomic mass is 35.5. The number of hydrogen-bond donors (Lipinski definition) is 2. The predicted molar refractivity (Wildman–Crippen MR) is 58.7 cm³/mol. The van der Waals surface area contributed by atoms with Crippen LogP contribution in [0.2, 0.25) is 5.15 Å². The number of rotatable bonds is 4. The van der Waals surface area contributed by atoms with Crippen molar-refractivity contribution in [3.05, 3.63) is 41.2 Å². The summed E-state index contributed by atoms with van der Waals surface area (Å²) in [5.41, 5.74) is 4.82. The summed E-state index contributed by atoms with van der Waals surface area (Å²) >= 11 is 5.78. The number of nitrogens with zero attached hydrogens (tertiary/aromatic N) is 1. The SMILES string of the molecule is C=C(C)CC(NN)c1ccnc(Cl)c1. The highest BCUT2D eigenvalue weighted by Crippen LogP contribution is 2.20. The molecule has 0 fully saturated rings. The lowest BCUT2D eigenvalue weighted by Gasteiger charge is -2.16.